The Morgan fingerprint density at radius 2 is 1.50 bits per heavy atom. The van der Waals surface area contributed by atoms with Crippen LogP contribution in [0.1, 0.15) is 63.1 Å². The molecule has 0 unspecified atom stereocenters. The van der Waals surface area contributed by atoms with Crippen LogP contribution in [-0.4, -0.2) is 11.7 Å². The standard InChI is InChI=1S/C16H25N.C7H9NO.C2H6/c1-13-7-9-15(10-8-13)11-17-12-16-6-4-3-5-14(16)2;8-5-6-3-1-2-4-7(6)9;1-2/h3-6,13,15,17H,7-12H2,1-2H3;1-4,9H,5,8H2;1-2H3. The number of phenolic OH excluding ortho intramolecular Hbond substituents is 1. The summed E-state index contributed by atoms with van der Waals surface area (Å²) in [5.41, 5.74) is 8.92. The third-order valence-corrected chi connectivity index (χ3v) is 5.36. The number of hydrogen-bond acceptors (Lipinski definition) is 3. The fourth-order valence-electron chi connectivity index (χ4n) is 3.44. The number of para-hydroxylation sites is 1. The highest BCUT2D eigenvalue weighted by atomic mass is 16.3. The number of nitrogens with one attached hydrogen (secondary N) is 1. The van der Waals surface area contributed by atoms with Gasteiger partial charge in [-0.25, -0.2) is 0 Å². The SMILES string of the molecule is CC.Cc1ccccc1CNCC1CCC(C)CC1.NCc1ccccc1O. The van der Waals surface area contributed by atoms with Crippen molar-refractivity contribution in [2.45, 2.75) is 66.5 Å². The van der Waals surface area contributed by atoms with Crippen LogP contribution in [0.15, 0.2) is 48.5 Å². The van der Waals surface area contributed by atoms with Crippen molar-refractivity contribution in [2.75, 3.05) is 6.54 Å². The van der Waals surface area contributed by atoms with Gasteiger partial charge in [0.1, 0.15) is 5.75 Å². The van der Waals surface area contributed by atoms with Gasteiger partial charge < -0.3 is 16.2 Å². The van der Waals surface area contributed by atoms with E-state index < -0.39 is 0 Å². The van der Waals surface area contributed by atoms with Gasteiger partial charge in [0.25, 0.3) is 0 Å². The lowest BCUT2D eigenvalue weighted by Crippen LogP contribution is -2.25. The topological polar surface area (TPSA) is 58.3 Å². The van der Waals surface area contributed by atoms with Crippen LogP contribution in [0.5, 0.6) is 5.75 Å². The van der Waals surface area contributed by atoms with Crippen molar-refractivity contribution in [3.63, 3.8) is 0 Å². The van der Waals surface area contributed by atoms with Crippen LogP contribution in [0.25, 0.3) is 0 Å². The van der Waals surface area contributed by atoms with Gasteiger partial charge in [-0.2, -0.15) is 0 Å². The molecular formula is C25H40N2O. The normalized spacial score (nSPS) is 18.3. The Bertz CT molecular complexity index is 649. The molecule has 3 rings (SSSR count). The first kappa shape index (κ1) is 24.2. The molecule has 1 aliphatic rings. The zero-order valence-corrected chi connectivity index (χ0v) is 18.2. The molecule has 0 heterocycles. The van der Waals surface area contributed by atoms with Crippen LogP contribution in [0.3, 0.4) is 0 Å². The molecule has 28 heavy (non-hydrogen) atoms. The van der Waals surface area contributed by atoms with Crippen LogP contribution < -0.4 is 11.1 Å². The Morgan fingerprint density at radius 1 is 0.929 bits per heavy atom. The molecule has 3 heteroatoms. The Morgan fingerprint density at radius 3 is 2.04 bits per heavy atom. The number of rotatable bonds is 5. The summed E-state index contributed by atoms with van der Waals surface area (Å²) in [6.45, 7) is 11.2. The molecule has 2 aromatic rings. The number of aromatic hydroxyl groups is 1. The second-order valence-corrected chi connectivity index (χ2v) is 7.52. The third kappa shape index (κ3) is 8.90. The van der Waals surface area contributed by atoms with Crippen LogP contribution in [-0.2, 0) is 13.1 Å². The number of phenols is 1. The van der Waals surface area contributed by atoms with Gasteiger partial charge in [0.2, 0.25) is 0 Å². The van der Waals surface area contributed by atoms with Gasteiger partial charge >= 0.3 is 0 Å². The Kier molecular flexibility index (Phi) is 12.3. The van der Waals surface area contributed by atoms with E-state index >= 15 is 0 Å². The van der Waals surface area contributed by atoms with Crippen molar-refractivity contribution >= 4 is 0 Å². The minimum Gasteiger partial charge on any atom is -0.508 e. The first-order valence-corrected chi connectivity index (χ1v) is 10.8. The smallest absolute Gasteiger partial charge is 0.120 e. The molecule has 0 saturated heterocycles. The summed E-state index contributed by atoms with van der Waals surface area (Å²) in [4.78, 5) is 0. The highest BCUT2D eigenvalue weighted by Crippen LogP contribution is 2.27. The predicted molar refractivity (Wildman–Crippen MR) is 121 cm³/mol. The minimum atomic E-state index is 0.278. The van der Waals surface area contributed by atoms with Gasteiger partial charge in [0, 0.05) is 18.7 Å². The van der Waals surface area contributed by atoms with E-state index in [2.05, 4.69) is 43.4 Å². The van der Waals surface area contributed by atoms with Crippen LogP contribution in [0.2, 0.25) is 0 Å². The van der Waals surface area contributed by atoms with Crippen molar-refractivity contribution < 1.29 is 5.11 Å². The van der Waals surface area contributed by atoms with E-state index in [0.29, 0.717) is 6.54 Å². The number of hydrogen-bond donors (Lipinski definition) is 3. The molecule has 0 aromatic heterocycles. The molecule has 1 fully saturated rings. The number of aryl methyl sites for hydroxylation is 1. The molecule has 0 radical (unpaired) electrons. The number of benzene rings is 2. The van der Waals surface area contributed by atoms with Gasteiger partial charge in [-0.3, -0.25) is 0 Å². The fourth-order valence-corrected chi connectivity index (χ4v) is 3.44. The first-order chi connectivity index (χ1) is 13.6. The molecular weight excluding hydrogens is 344 g/mol. The van der Waals surface area contributed by atoms with Crippen molar-refractivity contribution in [1.82, 2.24) is 5.32 Å². The lowest BCUT2D eigenvalue weighted by molar-refractivity contribution is 0.281. The maximum Gasteiger partial charge on any atom is 0.120 e. The molecule has 1 saturated carbocycles. The Hall–Kier alpha value is -1.84. The summed E-state index contributed by atoms with van der Waals surface area (Å²) in [5, 5.41) is 12.7. The van der Waals surface area contributed by atoms with Crippen molar-refractivity contribution in [3.05, 3.63) is 65.2 Å². The van der Waals surface area contributed by atoms with E-state index in [-0.39, 0.29) is 5.75 Å². The van der Waals surface area contributed by atoms with Gasteiger partial charge in [-0.15, -0.1) is 0 Å². The van der Waals surface area contributed by atoms with E-state index in [1.807, 2.05) is 19.9 Å². The molecule has 0 aliphatic heterocycles. The first-order valence-electron chi connectivity index (χ1n) is 10.8. The molecule has 156 valence electrons. The summed E-state index contributed by atoms with van der Waals surface area (Å²) in [7, 11) is 0. The van der Waals surface area contributed by atoms with E-state index in [0.717, 1.165) is 23.9 Å². The lowest BCUT2D eigenvalue weighted by Gasteiger charge is -2.26. The zero-order chi connectivity index (χ0) is 20.8. The Labute approximate surface area is 172 Å². The minimum absolute atomic E-state index is 0.278. The molecule has 0 atom stereocenters. The highest BCUT2D eigenvalue weighted by Gasteiger charge is 2.17. The van der Waals surface area contributed by atoms with Crippen LogP contribution in [0, 0.1) is 18.8 Å². The van der Waals surface area contributed by atoms with Crippen LogP contribution in [0.4, 0.5) is 0 Å². The van der Waals surface area contributed by atoms with E-state index in [9.17, 15) is 0 Å². The lowest BCUT2D eigenvalue weighted by atomic mass is 9.83. The quantitative estimate of drug-likeness (QED) is 0.611. The molecule has 0 bridgehead atoms. The highest BCUT2D eigenvalue weighted by molar-refractivity contribution is 5.31. The number of nitrogens with two attached hydrogens (primary N) is 1. The van der Waals surface area contributed by atoms with Crippen molar-refractivity contribution in [3.8, 4) is 5.75 Å². The largest absolute Gasteiger partial charge is 0.508 e. The van der Waals surface area contributed by atoms with Crippen molar-refractivity contribution in [1.29, 1.82) is 0 Å². The predicted octanol–water partition coefficient (Wildman–Crippen LogP) is 5.79. The molecule has 1 aliphatic carbocycles. The summed E-state index contributed by atoms with van der Waals surface area (Å²) in [5.74, 6) is 2.15. The van der Waals surface area contributed by atoms with Gasteiger partial charge in [-0.05, 0) is 55.3 Å². The molecule has 0 amide bonds. The molecule has 0 spiro atoms. The Balaban J connectivity index is 0.000000301. The monoisotopic (exact) mass is 384 g/mol. The zero-order valence-electron chi connectivity index (χ0n) is 18.2. The average Bonchev–Trinajstić information content (AvgIpc) is 2.73. The van der Waals surface area contributed by atoms with Gasteiger partial charge in [0.15, 0.2) is 0 Å². The second-order valence-electron chi connectivity index (χ2n) is 7.52. The summed E-state index contributed by atoms with van der Waals surface area (Å²) in [6.07, 6.45) is 5.69. The molecule has 4 N–H and O–H groups in total. The summed E-state index contributed by atoms with van der Waals surface area (Å²) in [6, 6.07) is 15.7. The maximum atomic E-state index is 9.03. The fraction of sp³-hybridized carbons (Fsp3) is 0.520. The average molecular weight is 385 g/mol. The molecule has 2 aromatic carbocycles. The second kappa shape index (κ2) is 14.2. The van der Waals surface area contributed by atoms with Crippen molar-refractivity contribution in [2.24, 2.45) is 17.6 Å². The summed E-state index contributed by atoms with van der Waals surface area (Å²) >= 11 is 0. The van der Waals surface area contributed by atoms with Gasteiger partial charge in [-0.1, -0.05) is 76.1 Å². The van der Waals surface area contributed by atoms with E-state index in [1.54, 1.807) is 18.2 Å². The van der Waals surface area contributed by atoms with E-state index in [1.165, 1.54) is 43.4 Å². The van der Waals surface area contributed by atoms with Crippen LogP contribution >= 0.6 is 0 Å². The summed E-state index contributed by atoms with van der Waals surface area (Å²) < 4.78 is 0. The maximum absolute atomic E-state index is 9.03. The third-order valence-electron chi connectivity index (χ3n) is 5.36. The van der Waals surface area contributed by atoms with E-state index in [4.69, 9.17) is 10.8 Å². The van der Waals surface area contributed by atoms with Gasteiger partial charge in [0.05, 0.1) is 0 Å². The molecule has 3 nitrogen and oxygen atoms in total.